The summed E-state index contributed by atoms with van der Waals surface area (Å²) in [5.41, 5.74) is 7.21. The minimum Gasteiger partial charge on any atom is -0.507 e. The summed E-state index contributed by atoms with van der Waals surface area (Å²) in [6.07, 6.45) is 0. The van der Waals surface area contributed by atoms with Gasteiger partial charge < -0.3 is 5.11 Å². The first kappa shape index (κ1) is 18.0. The zero-order chi connectivity index (χ0) is 19.8. The largest absolute Gasteiger partial charge is 0.507 e. The summed E-state index contributed by atoms with van der Waals surface area (Å²) >= 11 is 0. The van der Waals surface area contributed by atoms with Crippen molar-refractivity contribution in [3.8, 4) is 16.9 Å². The molecular formula is C25H25N3O. The highest BCUT2D eigenvalue weighted by Gasteiger charge is 2.34. The van der Waals surface area contributed by atoms with Crippen molar-refractivity contribution in [3.63, 3.8) is 0 Å². The molecule has 0 saturated carbocycles. The highest BCUT2D eigenvalue weighted by molar-refractivity contribution is 6.00. The average molecular weight is 383 g/mol. The van der Waals surface area contributed by atoms with Crippen molar-refractivity contribution in [3.05, 3.63) is 89.5 Å². The Balaban J connectivity index is 1.35. The Labute approximate surface area is 171 Å². The molecule has 0 spiro atoms. The van der Waals surface area contributed by atoms with Gasteiger partial charge >= 0.3 is 0 Å². The van der Waals surface area contributed by atoms with Crippen LogP contribution in [0, 0.1) is 0 Å². The predicted molar refractivity (Wildman–Crippen MR) is 117 cm³/mol. The summed E-state index contributed by atoms with van der Waals surface area (Å²) in [5.74, 6) is 0.284. The van der Waals surface area contributed by atoms with Gasteiger partial charge in [0, 0.05) is 31.7 Å². The molecule has 3 aromatic carbocycles. The maximum Gasteiger partial charge on any atom is 0.124 e. The van der Waals surface area contributed by atoms with E-state index in [0.29, 0.717) is 6.04 Å². The fourth-order valence-corrected chi connectivity index (χ4v) is 4.64. The normalized spacial score (nSPS) is 17.3. The molecule has 1 fully saturated rings. The molecule has 0 bridgehead atoms. The molecule has 0 atom stereocenters. The predicted octanol–water partition coefficient (Wildman–Crippen LogP) is 4.50. The second-order valence-electron chi connectivity index (χ2n) is 7.77. The Morgan fingerprint density at radius 3 is 1.97 bits per heavy atom. The number of phenols is 1. The fraction of sp³-hybridized carbons (Fsp3) is 0.240. The molecule has 146 valence electrons. The van der Waals surface area contributed by atoms with Gasteiger partial charge in [-0.2, -0.15) is 5.10 Å². The van der Waals surface area contributed by atoms with Crippen LogP contribution in [-0.2, 0) is 0 Å². The third-order valence-corrected chi connectivity index (χ3v) is 6.04. The summed E-state index contributed by atoms with van der Waals surface area (Å²) in [7, 11) is 0. The molecule has 0 radical (unpaired) electrons. The molecule has 1 saturated heterocycles. The summed E-state index contributed by atoms with van der Waals surface area (Å²) in [4.78, 5) is 2.58. The summed E-state index contributed by atoms with van der Waals surface area (Å²) in [6.45, 7) is 5.65. The molecular weight excluding hydrogens is 358 g/mol. The van der Waals surface area contributed by atoms with Gasteiger partial charge in [-0.25, -0.2) is 0 Å². The number of fused-ring (bicyclic) bond motifs is 3. The van der Waals surface area contributed by atoms with Crippen LogP contribution < -0.4 is 0 Å². The van der Waals surface area contributed by atoms with Gasteiger partial charge in [-0.1, -0.05) is 60.7 Å². The molecule has 4 nitrogen and oxygen atoms in total. The van der Waals surface area contributed by atoms with Crippen molar-refractivity contribution in [2.45, 2.75) is 13.0 Å². The SMILES string of the molecule is CC(=NN1CCN(C2c3ccccc3-c3ccccc32)CC1)c1ccccc1O. The van der Waals surface area contributed by atoms with E-state index in [-0.39, 0.29) is 5.75 Å². The maximum absolute atomic E-state index is 10.1. The van der Waals surface area contributed by atoms with Crippen LogP contribution in [0.2, 0.25) is 0 Å². The second kappa shape index (κ2) is 7.37. The zero-order valence-corrected chi connectivity index (χ0v) is 16.6. The van der Waals surface area contributed by atoms with Gasteiger partial charge in [-0.3, -0.25) is 9.91 Å². The van der Waals surface area contributed by atoms with Crippen LogP contribution in [0.3, 0.4) is 0 Å². The van der Waals surface area contributed by atoms with E-state index >= 15 is 0 Å². The number of nitrogens with zero attached hydrogens (tertiary/aromatic N) is 3. The topological polar surface area (TPSA) is 39.1 Å². The van der Waals surface area contributed by atoms with Crippen molar-refractivity contribution in [2.75, 3.05) is 26.2 Å². The Hall–Kier alpha value is -3.11. The van der Waals surface area contributed by atoms with E-state index in [4.69, 9.17) is 5.10 Å². The molecule has 1 N–H and O–H groups in total. The third kappa shape index (κ3) is 3.19. The quantitative estimate of drug-likeness (QED) is 0.677. The van der Waals surface area contributed by atoms with E-state index in [1.165, 1.54) is 22.3 Å². The number of phenolic OH excluding ortho intramolecular Hbond substituents is 1. The number of piperazine rings is 1. The first-order valence-electron chi connectivity index (χ1n) is 10.2. The third-order valence-electron chi connectivity index (χ3n) is 6.04. The Morgan fingerprint density at radius 1 is 0.793 bits per heavy atom. The number of hydrazone groups is 1. The van der Waals surface area contributed by atoms with E-state index in [9.17, 15) is 5.11 Å². The van der Waals surface area contributed by atoms with Gasteiger partial charge in [0.05, 0.1) is 11.8 Å². The molecule has 1 heterocycles. The van der Waals surface area contributed by atoms with Gasteiger partial charge in [0.15, 0.2) is 0 Å². The summed E-state index contributed by atoms with van der Waals surface area (Å²) in [6, 6.07) is 25.3. The maximum atomic E-state index is 10.1. The zero-order valence-electron chi connectivity index (χ0n) is 16.6. The van der Waals surface area contributed by atoms with Crippen molar-refractivity contribution in [2.24, 2.45) is 5.10 Å². The number of benzene rings is 3. The minimum absolute atomic E-state index is 0.284. The van der Waals surface area contributed by atoms with Gasteiger partial charge in [0.2, 0.25) is 0 Å². The van der Waals surface area contributed by atoms with E-state index in [0.717, 1.165) is 37.5 Å². The molecule has 0 amide bonds. The molecule has 29 heavy (non-hydrogen) atoms. The minimum atomic E-state index is 0.284. The molecule has 0 aromatic heterocycles. The van der Waals surface area contributed by atoms with Crippen LogP contribution >= 0.6 is 0 Å². The highest BCUT2D eigenvalue weighted by atomic mass is 16.3. The first-order chi connectivity index (χ1) is 14.2. The first-order valence-corrected chi connectivity index (χ1v) is 10.2. The average Bonchev–Trinajstić information content (AvgIpc) is 3.09. The lowest BCUT2D eigenvalue weighted by Gasteiger charge is -2.37. The van der Waals surface area contributed by atoms with Gasteiger partial charge in [0.25, 0.3) is 0 Å². The lowest BCUT2D eigenvalue weighted by atomic mass is 10.0. The van der Waals surface area contributed by atoms with E-state index in [1.807, 2.05) is 25.1 Å². The highest BCUT2D eigenvalue weighted by Crippen LogP contribution is 2.46. The molecule has 5 rings (SSSR count). The lowest BCUT2D eigenvalue weighted by molar-refractivity contribution is 0.114. The van der Waals surface area contributed by atoms with Crippen LogP contribution in [0.15, 0.2) is 77.9 Å². The standard InChI is InChI=1S/C25H25N3O/c1-18(19-8-6-7-13-24(19)29)26-28-16-14-27(15-17-28)25-22-11-4-2-9-20(22)21-10-3-5-12-23(21)25/h2-13,25,29H,14-17H2,1H3. The number of para-hydroxylation sites is 1. The van der Waals surface area contributed by atoms with Crippen LogP contribution in [0.4, 0.5) is 0 Å². The number of rotatable bonds is 3. The molecule has 2 aliphatic rings. The van der Waals surface area contributed by atoms with Crippen molar-refractivity contribution in [1.82, 2.24) is 9.91 Å². The molecule has 0 unspecified atom stereocenters. The van der Waals surface area contributed by atoms with Crippen LogP contribution in [-0.4, -0.2) is 46.9 Å². The van der Waals surface area contributed by atoms with Gasteiger partial charge in [0.1, 0.15) is 5.75 Å². The smallest absolute Gasteiger partial charge is 0.124 e. The molecule has 3 aromatic rings. The second-order valence-corrected chi connectivity index (χ2v) is 7.77. The number of hydrogen-bond donors (Lipinski definition) is 1. The number of hydrogen-bond acceptors (Lipinski definition) is 4. The Kier molecular flexibility index (Phi) is 4.57. The molecule has 1 aliphatic carbocycles. The Bertz CT molecular complexity index is 1020. The lowest BCUT2D eigenvalue weighted by Crippen LogP contribution is -2.45. The Morgan fingerprint density at radius 2 is 1.34 bits per heavy atom. The van der Waals surface area contributed by atoms with E-state index in [2.05, 4.69) is 58.4 Å². The number of aromatic hydroxyl groups is 1. The monoisotopic (exact) mass is 383 g/mol. The van der Waals surface area contributed by atoms with Crippen LogP contribution in [0.1, 0.15) is 29.7 Å². The summed E-state index contributed by atoms with van der Waals surface area (Å²) in [5, 5.41) is 17.0. The van der Waals surface area contributed by atoms with E-state index < -0.39 is 0 Å². The summed E-state index contributed by atoms with van der Waals surface area (Å²) < 4.78 is 0. The van der Waals surface area contributed by atoms with Crippen molar-refractivity contribution in [1.29, 1.82) is 0 Å². The van der Waals surface area contributed by atoms with Crippen molar-refractivity contribution >= 4 is 5.71 Å². The fourth-order valence-electron chi connectivity index (χ4n) is 4.64. The molecule has 1 aliphatic heterocycles. The van der Waals surface area contributed by atoms with Crippen LogP contribution in [0.25, 0.3) is 11.1 Å². The molecule has 4 heteroatoms. The van der Waals surface area contributed by atoms with E-state index in [1.54, 1.807) is 6.07 Å². The van der Waals surface area contributed by atoms with Gasteiger partial charge in [-0.05, 0) is 41.3 Å². The van der Waals surface area contributed by atoms with Crippen LogP contribution in [0.5, 0.6) is 5.75 Å². The van der Waals surface area contributed by atoms with Gasteiger partial charge in [-0.15, -0.1) is 0 Å². The van der Waals surface area contributed by atoms with Crippen molar-refractivity contribution < 1.29 is 5.11 Å².